The molecule has 0 aromatic carbocycles. The second-order valence-corrected chi connectivity index (χ2v) is 4.77. The first kappa shape index (κ1) is 12.2. The minimum Gasteiger partial charge on any atom is -0.469 e. The molecular formula is C13H20N2O2. The van der Waals surface area contributed by atoms with Crippen LogP contribution >= 0.6 is 0 Å². The van der Waals surface area contributed by atoms with Crippen LogP contribution in [0.25, 0.3) is 0 Å². The Morgan fingerprint density at radius 1 is 1.71 bits per heavy atom. The van der Waals surface area contributed by atoms with Crippen molar-refractivity contribution in [2.24, 2.45) is 11.7 Å². The van der Waals surface area contributed by atoms with Gasteiger partial charge in [0.2, 0.25) is 0 Å². The Kier molecular flexibility index (Phi) is 3.52. The van der Waals surface area contributed by atoms with E-state index >= 15 is 0 Å². The molecule has 1 aliphatic heterocycles. The molecule has 0 bridgehead atoms. The lowest BCUT2D eigenvalue weighted by Gasteiger charge is -2.17. The maximum Gasteiger partial charge on any atom is 0.257 e. The summed E-state index contributed by atoms with van der Waals surface area (Å²) in [6.45, 7) is 5.57. The minimum absolute atomic E-state index is 0.0822. The van der Waals surface area contributed by atoms with Crippen LogP contribution in [0.3, 0.4) is 0 Å². The Morgan fingerprint density at radius 3 is 3.06 bits per heavy atom. The first-order valence-electron chi connectivity index (χ1n) is 6.24. The number of carbonyl (C=O) groups is 1. The summed E-state index contributed by atoms with van der Waals surface area (Å²) in [5, 5.41) is 0. The van der Waals surface area contributed by atoms with Gasteiger partial charge in [-0.1, -0.05) is 6.92 Å². The van der Waals surface area contributed by atoms with E-state index < -0.39 is 0 Å². The molecule has 0 saturated carbocycles. The third kappa shape index (κ3) is 2.36. The monoisotopic (exact) mass is 236 g/mol. The lowest BCUT2D eigenvalue weighted by Crippen LogP contribution is -2.33. The number of hydrogen-bond donors (Lipinski definition) is 1. The summed E-state index contributed by atoms with van der Waals surface area (Å²) in [6.07, 6.45) is 3.34. The van der Waals surface area contributed by atoms with E-state index in [1.807, 2.05) is 18.7 Å². The summed E-state index contributed by atoms with van der Waals surface area (Å²) in [5.41, 5.74) is 6.58. The summed E-state index contributed by atoms with van der Waals surface area (Å²) in [4.78, 5) is 14.2. The summed E-state index contributed by atoms with van der Waals surface area (Å²) >= 11 is 0. The van der Waals surface area contributed by atoms with Crippen molar-refractivity contribution >= 4 is 5.91 Å². The third-order valence-electron chi connectivity index (χ3n) is 3.55. The second kappa shape index (κ2) is 4.92. The zero-order valence-electron chi connectivity index (χ0n) is 10.5. The number of likely N-dealkylation sites (tertiary alicyclic amines) is 1. The quantitative estimate of drug-likeness (QED) is 0.868. The predicted molar refractivity (Wildman–Crippen MR) is 65.7 cm³/mol. The number of hydrogen-bond acceptors (Lipinski definition) is 3. The van der Waals surface area contributed by atoms with E-state index in [0.717, 1.165) is 31.7 Å². The average Bonchev–Trinajstić information content (AvgIpc) is 2.96. The molecular weight excluding hydrogens is 216 g/mol. The molecule has 1 aromatic rings. The van der Waals surface area contributed by atoms with Gasteiger partial charge in [-0.3, -0.25) is 4.79 Å². The fraction of sp³-hybridized carbons (Fsp3) is 0.615. The van der Waals surface area contributed by atoms with Crippen LogP contribution in [-0.2, 0) is 6.42 Å². The Morgan fingerprint density at radius 2 is 2.47 bits per heavy atom. The van der Waals surface area contributed by atoms with Gasteiger partial charge < -0.3 is 15.1 Å². The van der Waals surface area contributed by atoms with Gasteiger partial charge in [0.1, 0.15) is 5.76 Å². The van der Waals surface area contributed by atoms with E-state index in [9.17, 15) is 4.79 Å². The van der Waals surface area contributed by atoms with Crippen molar-refractivity contribution in [2.75, 3.05) is 13.1 Å². The highest BCUT2D eigenvalue weighted by Crippen LogP contribution is 2.22. The van der Waals surface area contributed by atoms with Gasteiger partial charge in [-0.15, -0.1) is 0 Å². The van der Waals surface area contributed by atoms with Crippen LogP contribution in [-0.4, -0.2) is 29.9 Å². The number of aryl methyl sites for hydroxylation is 1. The minimum atomic E-state index is 0.0822. The number of nitrogens with zero attached hydrogens (tertiary/aromatic N) is 1. The molecule has 1 aromatic heterocycles. The Hall–Kier alpha value is -1.29. The molecule has 2 heterocycles. The van der Waals surface area contributed by atoms with Gasteiger partial charge in [0.25, 0.3) is 5.91 Å². The zero-order chi connectivity index (χ0) is 12.4. The lowest BCUT2D eigenvalue weighted by molar-refractivity contribution is 0.0783. The van der Waals surface area contributed by atoms with E-state index in [1.54, 1.807) is 12.3 Å². The normalized spacial score (nSPS) is 21.8. The molecule has 2 rings (SSSR count). The first-order chi connectivity index (χ1) is 8.13. The van der Waals surface area contributed by atoms with Crippen molar-refractivity contribution in [3.05, 3.63) is 23.7 Å². The van der Waals surface area contributed by atoms with E-state index in [0.29, 0.717) is 11.5 Å². The van der Waals surface area contributed by atoms with Crippen molar-refractivity contribution in [1.29, 1.82) is 0 Å². The highest BCUT2D eigenvalue weighted by molar-refractivity contribution is 5.95. The van der Waals surface area contributed by atoms with Crippen LogP contribution < -0.4 is 5.73 Å². The topological polar surface area (TPSA) is 59.5 Å². The van der Waals surface area contributed by atoms with Crippen LogP contribution in [0.2, 0.25) is 0 Å². The molecule has 1 saturated heterocycles. The molecule has 2 N–H and O–H groups in total. The standard InChI is InChI=1S/C13H20N2O2/c1-3-12-11(5-7-17-12)13(16)15-6-4-10(8-15)9(2)14/h5,7,9-10H,3-4,6,8,14H2,1-2H3. The van der Waals surface area contributed by atoms with Crippen molar-refractivity contribution < 1.29 is 9.21 Å². The van der Waals surface area contributed by atoms with Crippen molar-refractivity contribution in [2.45, 2.75) is 32.7 Å². The van der Waals surface area contributed by atoms with Crippen LogP contribution in [0.15, 0.2) is 16.7 Å². The van der Waals surface area contributed by atoms with Crippen molar-refractivity contribution in [3.8, 4) is 0 Å². The van der Waals surface area contributed by atoms with Gasteiger partial charge in [0.15, 0.2) is 0 Å². The van der Waals surface area contributed by atoms with Crippen LogP contribution in [0.1, 0.15) is 36.4 Å². The third-order valence-corrected chi connectivity index (χ3v) is 3.55. The molecule has 1 amide bonds. The average molecular weight is 236 g/mol. The molecule has 4 heteroatoms. The Balaban J connectivity index is 2.07. The molecule has 1 aliphatic rings. The number of nitrogens with two attached hydrogens (primary N) is 1. The predicted octanol–water partition coefficient (Wildman–Crippen LogP) is 1.65. The largest absolute Gasteiger partial charge is 0.469 e. The molecule has 2 atom stereocenters. The van der Waals surface area contributed by atoms with Crippen LogP contribution in [0.4, 0.5) is 0 Å². The SMILES string of the molecule is CCc1occc1C(=O)N1CCC(C(C)N)C1. The van der Waals surface area contributed by atoms with Gasteiger partial charge in [-0.25, -0.2) is 0 Å². The van der Waals surface area contributed by atoms with Crippen LogP contribution in [0.5, 0.6) is 0 Å². The molecule has 2 unspecified atom stereocenters. The number of furan rings is 1. The first-order valence-corrected chi connectivity index (χ1v) is 6.24. The molecule has 0 radical (unpaired) electrons. The smallest absolute Gasteiger partial charge is 0.257 e. The molecule has 4 nitrogen and oxygen atoms in total. The maximum atomic E-state index is 12.3. The zero-order valence-corrected chi connectivity index (χ0v) is 10.5. The molecule has 94 valence electrons. The summed E-state index contributed by atoms with van der Waals surface area (Å²) in [6, 6.07) is 1.92. The molecule has 0 spiro atoms. The van der Waals surface area contributed by atoms with E-state index in [-0.39, 0.29) is 11.9 Å². The number of rotatable bonds is 3. The number of carbonyl (C=O) groups excluding carboxylic acids is 1. The molecule has 1 fully saturated rings. The highest BCUT2D eigenvalue weighted by Gasteiger charge is 2.30. The summed E-state index contributed by atoms with van der Waals surface area (Å²) in [7, 11) is 0. The van der Waals surface area contributed by atoms with Crippen LogP contribution in [0, 0.1) is 5.92 Å². The fourth-order valence-electron chi connectivity index (χ4n) is 2.38. The summed E-state index contributed by atoms with van der Waals surface area (Å²) in [5.74, 6) is 1.29. The maximum absolute atomic E-state index is 12.3. The molecule has 17 heavy (non-hydrogen) atoms. The summed E-state index contributed by atoms with van der Waals surface area (Å²) < 4.78 is 5.30. The van der Waals surface area contributed by atoms with Gasteiger partial charge in [0.05, 0.1) is 11.8 Å². The van der Waals surface area contributed by atoms with Gasteiger partial charge in [-0.2, -0.15) is 0 Å². The highest BCUT2D eigenvalue weighted by atomic mass is 16.3. The molecule has 0 aliphatic carbocycles. The lowest BCUT2D eigenvalue weighted by atomic mass is 10.0. The van der Waals surface area contributed by atoms with E-state index in [2.05, 4.69) is 0 Å². The Labute approximate surface area is 102 Å². The van der Waals surface area contributed by atoms with E-state index in [4.69, 9.17) is 10.2 Å². The fourth-order valence-corrected chi connectivity index (χ4v) is 2.38. The second-order valence-electron chi connectivity index (χ2n) is 4.77. The van der Waals surface area contributed by atoms with Crippen molar-refractivity contribution in [1.82, 2.24) is 4.90 Å². The van der Waals surface area contributed by atoms with Gasteiger partial charge >= 0.3 is 0 Å². The number of amides is 1. The van der Waals surface area contributed by atoms with Crippen molar-refractivity contribution in [3.63, 3.8) is 0 Å². The van der Waals surface area contributed by atoms with E-state index in [1.165, 1.54) is 0 Å². The van der Waals surface area contributed by atoms with Gasteiger partial charge in [0, 0.05) is 25.6 Å². The Bertz CT molecular complexity index is 398. The van der Waals surface area contributed by atoms with Gasteiger partial charge in [-0.05, 0) is 25.3 Å².